The van der Waals surface area contributed by atoms with Crippen molar-refractivity contribution in [1.82, 2.24) is 4.72 Å². The Morgan fingerprint density at radius 2 is 2.00 bits per heavy atom. The van der Waals surface area contributed by atoms with Crippen LogP contribution in [0.3, 0.4) is 0 Å². The molecule has 112 valence electrons. The van der Waals surface area contributed by atoms with Gasteiger partial charge in [-0.2, -0.15) is 13.1 Å². The van der Waals surface area contributed by atoms with Gasteiger partial charge >= 0.3 is 0 Å². The van der Waals surface area contributed by atoms with Crippen LogP contribution < -0.4 is 15.2 Å². The van der Waals surface area contributed by atoms with E-state index in [1.54, 1.807) is 20.8 Å². The summed E-state index contributed by atoms with van der Waals surface area (Å²) < 4.78 is 28.6. The number of benzene rings is 1. The Balaban J connectivity index is 3.09. The zero-order valence-electron chi connectivity index (χ0n) is 11.3. The number of halogens is 1. The van der Waals surface area contributed by atoms with Gasteiger partial charge in [-0.05, 0) is 39.0 Å². The second-order valence-electron chi connectivity index (χ2n) is 5.14. The van der Waals surface area contributed by atoms with Gasteiger partial charge in [0, 0.05) is 11.1 Å². The van der Waals surface area contributed by atoms with Crippen LogP contribution in [0.4, 0.5) is 5.69 Å². The van der Waals surface area contributed by atoms with E-state index in [1.807, 2.05) is 0 Å². The molecular formula is C11H17ClN4O3S. The molecule has 7 nitrogen and oxygen atoms in total. The van der Waals surface area contributed by atoms with Crippen LogP contribution in [0, 0.1) is 0 Å². The molecule has 1 rings (SSSR count). The van der Waals surface area contributed by atoms with Gasteiger partial charge in [0.15, 0.2) is 5.84 Å². The van der Waals surface area contributed by atoms with Crippen molar-refractivity contribution < 1.29 is 13.6 Å². The Kier molecular flexibility index (Phi) is 4.85. The number of anilines is 1. The first kappa shape index (κ1) is 16.5. The quantitative estimate of drug-likeness (QED) is 0.291. The Labute approximate surface area is 123 Å². The van der Waals surface area contributed by atoms with Crippen LogP contribution in [0.5, 0.6) is 0 Å². The standard InChI is InChI=1S/C11H17ClN4O3S/c1-11(2,3)16-20(18,19)15-9-6-7(10(13)14-17)4-5-8(9)12/h4-6,15-17H,1-3H3,(H2,13,14). The minimum atomic E-state index is -3.79. The Hall–Kier alpha value is -1.51. The van der Waals surface area contributed by atoms with E-state index in [2.05, 4.69) is 14.6 Å². The summed E-state index contributed by atoms with van der Waals surface area (Å²) in [5.74, 6) is -0.147. The number of hydrogen-bond acceptors (Lipinski definition) is 4. The number of rotatable bonds is 4. The smallest absolute Gasteiger partial charge is 0.299 e. The normalized spacial score (nSPS) is 13.3. The van der Waals surface area contributed by atoms with Crippen molar-refractivity contribution in [3.8, 4) is 0 Å². The maximum atomic E-state index is 11.9. The van der Waals surface area contributed by atoms with Gasteiger partial charge in [-0.15, -0.1) is 0 Å². The first-order chi connectivity index (χ1) is 9.04. The molecule has 0 atom stereocenters. The zero-order valence-corrected chi connectivity index (χ0v) is 12.9. The lowest BCUT2D eigenvalue weighted by molar-refractivity contribution is 0.318. The van der Waals surface area contributed by atoms with Crippen LogP contribution in [0.15, 0.2) is 23.4 Å². The summed E-state index contributed by atoms with van der Waals surface area (Å²) in [5.41, 5.74) is 5.28. The molecular weight excluding hydrogens is 304 g/mol. The maximum absolute atomic E-state index is 11.9. The van der Waals surface area contributed by atoms with Crippen LogP contribution in [-0.4, -0.2) is 25.0 Å². The van der Waals surface area contributed by atoms with Gasteiger partial charge < -0.3 is 10.9 Å². The lowest BCUT2D eigenvalue weighted by atomic mass is 10.1. The first-order valence-electron chi connectivity index (χ1n) is 5.63. The molecule has 0 unspecified atom stereocenters. The topological polar surface area (TPSA) is 117 Å². The summed E-state index contributed by atoms with van der Waals surface area (Å²) in [7, 11) is -3.79. The van der Waals surface area contributed by atoms with Crippen molar-refractivity contribution in [2.24, 2.45) is 10.9 Å². The van der Waals surface area contributed by atoms with Gasteiger partial charge in [0.2, 0.25) is 0 Å². The SMILES string of the molecule is CC(C)(C)NS(=O)(=O)Nc1cc(/C(N)=N/O)ccc1Cl. The molecule has 0 aliphatic heterocycles. The van der Waals surface area contributed by atoms with E-state index in [4.69, 9.17) is 22.5 Å². The number of nitrogens with one attached hydrogen (secondary N) is 2. The summed E-state index contributed by atoms with van der Waals surface area (Å²) in [6.45, 7) is 5.13. The largest absolute Gasteiger partial charge is 0.409 e. The molecule has 20 heavy (non-hydrogen) atoms. The third kappa shape index (κ3) is 4.87. The van der Waals surface area contributed by atoms with Crippen molar-refractivity contribution in [2.45, 2.75) is 26.3 Å². The van der Waals surface area contributed by atoms with E-state index in [-0.39, 0.29) is 16.5 Å². The zero-order chi connectivity index (χ0) is 15.6. The number of nitrogens with two attached hydrogens (primary N) is 1. The maximum Gasteiger partial charge on any atom is 0.299 e. The number of nitrogens with zero attached hydrogens (tertiary/aromatic N) is 1. The second kappa shape index (κ2) is 5.86. The van der Waals surface area contributed by atoms with E-state index in [9.17, 15) is 8.42 Å². The molecule has 0 saturated heterocycles. The van der Waals surface area contributed by atoms with Crippen LogP contribution in [0.2, 0.25) is 5.02 Å². The molecule has 0 spiro atoms. The first-order valence-corrected chi connectivity index (χ1v) is 7.49. The summed E-state index contributed by atoms with van der Waals surface area (Å²) >= 11 is 5.92. The van der Waals surface area contributed by atoms with Crippen molar-refractivity contribution >= 4 is 33.3 Å². The summed E-state index contributed by atoms with van der Waals surface area (Å²) in [6.07, 6.45) is 0. The minimum absolute atomic E-state index is 0.132. The van der Waals surface area contributed by atoms with E-state index in [0.29, 0.717) is 5.56 Å². The molecule has 0 radical (unpaired) electrons. The fourth-order valence-electron chi connectivity index (χ4n) is 1.39. The lowest BCUT2D eigenvalue weighted by Gasteiger charge is -2.21. The molecule has 0 bridgehead atoms. The molecule has 0 aliphatic rings. The third-order valence-corrected chi connectivity index (χ3v) is 3.75. The summed E-state index contributed by atoms with van der Waals surface area (Å²) in [4.78, 5) is 0. The minimum Gasteiger partial charge on any atom is -0.409 e. The number of amidine groups is 1. The van der Waals surface area contributed by atoms with Gasteiger partial charge in [-0.1, -0.05) is 16.8 Å². The average molecular weight is 321 g/mol. The van der Waals surface area contributed by atoms with E-state index >= 15 is 0 Å². The molecule has 1 aromatic rings. The highest BCUT2D eigenvalue weighted by Gasteiger charge is 2.20. The van der Waals surface area contributed by atoms with Crippen molar-refractivity contribution in [3.63, 3.8) is 0 Å². The van der Waals surface area contributed by atoms with Crippen molar-refractivity contribution in [3.05, 3.63) is 28.8 Å². The van der Waals surface area contributed by atoms with Gasteiger partial charge in [0.05, 0.1) is 10.7 Å². The van der Waals surface area contributed by atoms with Gasteiger partial charge in [-0.25, -0.2) is 0 Å². The molecule has 1 aromatic carbocycles. The van der Waals surface area contributed by atoms with Crippen LogP contribution >= 0.6 is 11.6 Å². The molecule has 0 saturated carbocycles. The molecule has 5 N–H and O–H groups in total. The second-order valence-corrected chi connectivity index (χ2v) is 6.96. The lowest BCUT2D eigenvalue weighted by Crippen LogP contribution is -2.43. The summed E-state index contributed by atoms with van der Waals surface area (Å²) in [5, 5.41) is 11.6. The van der Waals surface area contributed by atoms with Crippen LogP contribution in [0.25, 0.3) is 0 Å². The van der Waals surface area contributed by atoms with E-state index < -0.39 is 15.7 Å². The summed E-state index contributed by atoms with van der Waals surface area (Å²) in [6, 6.07) is 4.33. The van der Waals surface area contributed by atoms with Crippen molar-refractivity contribution in [2.75, 3.05) is 4.72 Å². The molecule has 0 aliphatic carbocycles. The van der Waals surface area contributed by atoms with Crippen molar-refractivity contribution in [1.29, 1.82) is 0 Å². The molecule has 9 heteroatoms. The van der Waals surface area contributed by atoms with E-state index in [0.717, 1.165) is 0 Å². The monoisotopic (exact) mass is 320 g/mol. The fraction of sp³-hybridized carbons (Fsp3) is 0.364. The number of oxime groups is 1. The Morgan fingerprint density at radius 3 is 2.50 bits per heavy atom. The van der Waals surface area contributed by atoms with Crippen LogP contribution in [0.1, 0.15) is 26.3 Å². The third-order valence-electron chi connectivity index (χ3n) is 2.05. The highest BCUT2D eigenvalue weighted by molar-refractivity contribution is 7.90. The van der Waals surface area contributed by atoms with E-state index in [1.165, 1.54) is 18.2 Å². The highest BCUT2D eigenvalue weighted by atomic mass is 35.5. The van der Waals surface area contributed by atoms with Gasteiger partial charge in [-0.3, -0.25) is 4.72 Å². The highest BCUT2D eigenvalue weighted by Crippen LogP contribution is 2.24. The molecule has 0 fully saturated rings. The predicted octanol–water partition coefficient (Wildman–Crippen LogP) is 1.48. The Bertz CT molecular complexity index is 623. The van der Waals surface area contributed by atoms with Gasteiger partial charge in [0.25, 0.3) is 10.2 Å². The predicted molar refractivity (Wildman–Crippen MR) is 79.4 cm³/mol. The fourth-order valence-corrected chi connectivity index (χ4v) is 2.93. The number of hydrogen-bond donors (Lipinski definition) is 4. The van der Waals surface area contributed by atoms with Crippen LogP contribution in [-0.2, 0) is 10.2 Å². The molecule has 0 aromatic heterocycles. The molecule has 0 amide bonds. The van der Waals surface area contributed by atoms with Gasteiger partial charge in [0.1, 0.15) is 0 Å². The average Bonchev–Trinajstić information content (AvgIpc) is 2.27. The Morgan fingerprint density at radius 1 is 1.40 bits per heavy atom. The molecule has 0 heterocycles.